The number of benzene rings is 2. The first-order valence-electron chi connectivity index (χ1n) is 14.3. The van der Waals surface area contributed by atoms with Crippen LogP contribution < -0.4 is 4.90 Å². The Kier molecular flexibility index (Phi) is 7.68. The third kappa shape index (κ3) is 5.54. The summed E-state index contributed by atoms with van der Waals surface area (Å²) in [5, 5.41) is 12.2. The van der Waals surface area contributed by atoms with Crippen LogP contribution in [0, 0.1) is 0 Å². The number of rotatable bonds is 9. The molecule has 6 rings (SSSR count). The van der Waals surface area contributed by atoms with Gasteiger partial charge in [-0.15, -0.1) is 0 Å². The summed E-state index contributed by atoms with van der Waals surface area (Å²) in [6.07, 6.45) is -0.883. The van der Waals surface area contributed by atoms with Gasteiger partial charge in [-0.25, -0.2) is 18.2 Å². The predicted octanol–water partition coefficient (Wildman–Crippen LogP) is 5.22. The van der Waals surface area contributed by atoms with E-state index < -0.39 is 18.4 Å². The van der Waals surface area contributed by atoms with Crippen LogP contribution >= 0.6 is 0 Å². The van der Waals surface area contributed by atoms with Crippen molar-refractivity contribution in [2.24, 2.45) is 0 Å². The molecule has 1 saturated heterocycles. The number of aromatic amines is 1. The van der Waals surface area contributed by atoms with Gasteiger partial charge in [-0.2, -0.15) is 10.2 Å². The molecule has 1 aliphatic heterocycles. The highest BCUT2D eigenvalue weighted by atomic mass is 19.3. The van der Waals surface area contributed by atoms with Gasteiger partial charge < -0.3 is 9.80 Å². The average molecular weight is 566 g/mol. The summed E-state index contributed by atoms with van der Waals surface area (Å²) in [5.41, 5.74) is 4.51. The van der Waals surface area contributed by atoms with Gasteiger partial charge in [0.25, 0.3) is 6.43 Å². The molecule has 1 saturated carbocycles. The van der Waals surface area contributed by atoms with Gasteiger partial charge in [0, 0.05) is 30.7 Å². The van der Waals surface area contributed by atoms with Crippen LogP contribution in [0.4, 0.5) is 18.9 Å². The molecule has 216 valence electrons. The Morgan fingerprint density at radius 1 is 1.10 bits per heavy atom. The van der Waals surface area contributed by atoms with Crippen LogP contribution in [0.1, 0.15) is 61.3 Å². The molecule has 0 bridgehead atoms. The summed E-state index contributed by atoms with van der Waals surface area (Å²) < 4.78 is 41.4. The van der Waals surface area contributed by atoms with Crippen molar-refractivity contribution in [2.45, 2.75) is 70.1 Å². The minimum Gasteiger partial charge on any atom is -0.368 e. The van der Waals surface area contributed by atoms with E-state index in [0.717, 1.165) is 36.2 Å². The molecule has 1 unspecified atom stereocenters. The van der Waals surface area contributed by atoms with Crippen LogP contribution in [0.2, 0.25) is 0 Å². The Labute approximate surface area is 236 Å². The van der Waals surface area contributed by atoms with Crippen molar-refractivity contribution in [1.29, 1.82) is 0 Å². The second kappa shape index (κ2) is 11.5. The molecule has 0 spiro atoms. The first-order chi connectivity index (χ1) is 19.9. The van der Waals surface area contributed by atoms with Crippen molar-refractivity contribution in [2.75, 3.05) is 24.5 Å². The molecular formula is C30H34F3N7O. The Balaban J connectivity index is 1.24. The summed E-state index contributed by atoms with van der Waals surface area (Å²) >= 11 is 0. The summed E-state index contributed by atoms with van der Waals surface area (Å²) in [6.45, 7) is 3.89. The number of alkyl halides is 3. The number of halogens is 3. The minimum atomic E-state index is -3.22. The summed E-state index contributed by atoms with van der Waals surface area (Å²) in [4.78, 5) is 21.4. The number of nitrogens with zero attached hydrogens (tertiary/aromatic N) is 6. The number of anilines is 1. The lowest BCUT2D eigenvalue weighted by atomic mass is 9.93. The number of carbonyl (C=O) groups is 1. The van der Waals surface area contributed by atoms with Gasteiger partial charge >= 0.3 is 0 Å². The van der Waals surface area contributed by atoms with E-state index in [9.17, 15) is 18.0 Å². The second-order valence-electron chi connectivity index (χ2n) is 11.0. The Morgan fingerprint density at radius 2 is 1.90 bits per heavy atom. The highest BCUT2D eigenvalue weighted by molar-refractivity contribution is 5.86. The fraction of sp³-hybridized carbons (Fsp3) is 0.467. The molecule has 3 heterocycles. The van der Waals surface area contributed by atoms with Gasteiger partial charge in [0.05, 0.1) is 29.7 Å². The third-order valence-electron chi connectivity index (χ3n) is 8.34. The predicted molar refractivity (Wildman–Crippen MR) is 150 cm³/mol. The van der Waals surface area contributed by atoms with Crippen LogP contribution in [0.15, 0.2) is 48.5 Å². The third-order valence-corrected chi connectivity index (χ3v) is 8.34. The molecule has 11 heteroatoms. The van der Waals surface area contributed by atoms with Gasteiger partial charge in [-0.05, 0) is 55.9 Å². The van der Waals surface area contributed by atoms with Gasteiger partial charge in [0.15, 0.2) is 5.82 Å². The summed E-state index contributed by atoms with van der Waals surface area (Å²) in [6, 6.07) is 16.9. The maximum Gasteiger partial charge on any atom is 0.276 e. The maximum absolute atomic E-state index is 13.7. The van der Waals surface area contributed by atoms with E-state index in [0.29, 0.717) is 32.1 Å². The summed E-state index contributed by atoms with van der Waals surface area (Å²) in [7, 11) is 0. The number of piperazine rings is 1. The van der Waals surface area contributed by atoms with Crippen LogP contribution in [-0.2, 0) is 24.1 Å². The van der Waals surface area contributed by atoms with E-state index in [1.807, 2.05) is 35.2 Å². The quantitative estimate of drug-likeness (QED) is 0.301. The number of aromatic nitrogens is 5. The van der Waals surface area contributed by atoms with Crippen LogP contribution in [-0.4, -0.2) is 67.9 Å². The number of amides is 1. The SMILES string of the molecule is CCc1nn(C2CCC2)c2cc(N3CCN(C(=O)Cc4nc(C(F)C(F)F)n[nH]4)[C@@H](Cc4ccccc4)C3)ccc12. The first kappa shape index (κ1) is 27.3. The molecule has 4 aromatic rings. The van der Waals surface area contributed by atoms with E-state index in [1.54, 1.807) is 0 Å². The van der Waals surface area contributed by atoms with Crippen molar-refractivity contribution >= 4 is 22.5 Å². The van der Waals surface area contributed by atoms with Crippen molar-refractivity contribution in [3.05, 3.63) is 71.4 Å². The van der Waals surface area contributed by atoms with Crippen molar-refractivity contribution in [1.82, 2.24) is 29.9 Å². The molecule has 41 heavy (non-hydrogen) atoms. The van der Waals surface area contributed by atoms with Crippen molar-refractivity contribution < 1.29 is 18.0 Å². The van der Waals surface area contributed by atoms with E-state index in [1.165, 1.54) is 17.3 Å². The molecule has 1 aliphatic carbocycles. The van der Waals surface area contributed by atoms with Crippen LogP contribution in [0.3, 0.4) is 0 Å². The largest absolute Gasteiger partial charge is 0.368 e. The van der Waals surface area contributed by atoms with E-state index in [4.69, 9.17) is 5.10 Å². The van der Waals surface area contributed by atoms with Gasteiger partial charge in [-0.3, -0.25) is 14.6 Å². The topological polar surface area (TPSA) is 82.9 Å². The highest BCUT2D eigenvalue weighted by Gasteiger charge is 2.33. The molecule has 1 N–H and O–H groups in total. The zero-order chi connectivity index (χ0) is 28.5. The fourth-order valence-electron chi connectivity index (χ4n) is 5.91. The number of aryl methyl sites for hydroxylation is 1. The maximum atomic E-state index is 13.7. The lowest BCUT2D eigenvalue weighted by molar-refractivity contribution is -0.133. The standard InChI is InChI=1S/C30H34F3N7O/c1-2-24-23-12-11-21(16-25(23)40(37-24)20-9-6-10-20)38-13-14-39(22(18-38)15-19-7-4-3-5-8-19)27(41)17-26-34-30(36-35-26)28(31)29(32)33/h3-5,7-8,11-12,16,20,22,28-29H,2,6,9-10,13-15,17-18H2,1H3,(H,34,35,36)/t22-,28?/m0/s1. The number of fused-ring (bicyclic) bond motifs is 1. The number of hydrogen-bond donors (Lipinski definition) is 1. The molecule has 2 aromatic carbocycles. The zero-order valence-corrected chi connectivity index (χ0v) is 23.0. The first-order valence-corrected chi connectivity index (χ1v) is 14.3. The lowest BCUT2D eigenvalue weighted by Crippen LogP contribution is -2.56. The normalized spacial score (nSPS) is 18.7. The molecule has 2 fully saturated rings. The van der Waals surface area contributed by atoms with E-state index in [-0.39, 0.29) is 24.2 Å². The molecular weight excluding hydrogens is 531 g/mol. The van der Waals surface area contributed by atoms with Crippen LogP contribution in [0.25, 0.3) is 10.9 Å². The Bertz CT molecular complexity index is 1500. The number of carbonyl (C=O) groups excluding carboxylic acids is 1. The molecule has 0 radical (unpaired) electrons. The molecule has 2 aromatic heterocycles. The molecule has 8 nitrogen and oxygen atoms in total. The minimum absolute atomic E-state index is 0.0793. The van der Waals surface area contributed by atoms with E-state index in [2.05, 4.69) is 49.9 Å². The Hall–Kier alpha value is -3.89. The number of nitrogens with one attached hydrogen (secondary N) is 1. The molecule has 2 aliphatic rings. The number of hydrogen-bond acceptors (Lipinski definition) is 5. The van der Waals surface area contributed by atoms with Crippen molar-refractivity contribution in [3.63, 3.8) is 0 Å². The number of H-pyrrole nitrogens is 1. The fourth-order valence-corrected chi connectivity index (χ4v) is 5.91. The monoisotopic (exact) mass is 565 g/mol. The highest BCUT2D eigenvalue weighted by Crippen LogP contribution is 2.36. The molecule has 2 atom stereocenters. The smallest absolute Gasteiger partial charge is 0.276 e. The molecule has 1 amide bonds. The van der Waals surface area contributed by atoms with Gasteiger partial charge in [0.2, 0.25) is 12.1 Å². The van der Waals surface area contributed by atoms with Gasteiger partial charge in [0.1, 0.15) is 5.82 Å². The lowest BCUT2D eigenvalue weighted by Gasteiger charge is -2.42. The summed E-state index contributed by atoms with van der Waals surface area (Å²) in [5.74, 6) is -0.751. The van der Waals surface area contributed by atoms with Gasteiger partial charge in [-0.1, -0.05) is 37.3 Å². The Morgan fingerprint density at radius 3 is 2.61 bits per heavy atom. The van der Waals surface area contributed by atoms with Crippen LogP contribution in [0.5, 0.6) is 0 Å². The zero-order valence-electron chi connectivity index (χ0n) is 23.0. The second-order valence-corrected chi connectivity index (χ2v) is 11.0. The average Bonchev–Trinajstić information content (AvgIpc) is 3.56. The van der Waals surface area contributed by atoms with Crippen molar-refractivity contribution in [3.8, 4) is 0 Å². The van der Waals surface area contributed by atoms with E-state index >= 15 is 0 Å².